The normalized spacial score (nSPS) is 30.1. The van der Waals surface area contributed by atoms with Crippen molar-refractivity contribution in [3.63, 3.8) is 0 Å². The van der Waals surface area contributed by atoms with Gasteiger partial charge in [0, 0.05) is 29.6 Å². The van der Waals surface area contributed by atoms with Crippen molar-refractivity contribution in [2.24, 2.45) is 17.8 Å². The Kier molecular flexibility index (Phi) is 11.6. The Morgan fingerprint density at radius 3 is 2.46 bits per heavy atom. The molecule has 6 rings (SSSR count). The number of likely N-dealkylation sites (N-methyl/N-ethyl adjacent to an activating group) is 1. The first-order valence-electron chi connectivity index (χ1n) is 17.9. The summed E-state index contributed by atoms with van der Waals surface area (Å²) >= 11 is 6.37. The highest BCUT2D eigenvalue weighted by Gasteiger charge is 2.43. The number of nitrogens with one attached hydrogen (secondary N) is 1. The first kappa shape index (κ1) is 35.5. The Bertz CT molecular complexity index is 1530. The number of nitrogens with zero attached hydrogens (tertiary/aromatic N) is 2. The molecular formula is C37H52ClN3O6S. The average Bonchev–Trinajstić information content (AvgIpc) is 3.08. The van der Waals surface area contributed by atoms with Crippen molar-refractivity contribution in [1.82, 2.24) is 9.62 Å². The third-order valence-corrected chi connectivity index (χ3v) is 13.3. The molecule has 4 atom stereocenters. The molecule has 3 aliphatic heterocycles. The molecule has 1 amide bonds. The number of benzene rings is 2. The highest BCUT2D eigenvalue weighted by atomic mass is 35.5. The maximum atomic E-state index is 13.5. The number of fused-ring (bicyclic) bond motifs is 3. The van der Waals surface area contributed by atoms with Crippen LogP contribution < -0.4 is 14.4 Å². The second kappa shape index (κ2) is 15.7. The van der Waals surface area contributed by atoms with E-state index in [1.807, 2.05) is 37.3 Å². The van der Waals surface area contributed by atoms with Crippen LogP contribution in [-0.4, -0.2) is 77.2 Å². The quantitative estimate of drug-likeness (QED) is 0.392. The lowest BCUT2D eigenvalue weighted by Crippen LogP contribution is -2.50. The van der Waals surface area contributed by atoms with Gasteiger partial charge in [-0.3, -0.25) is 4.79 Å². The van der Waals surface area contributed by atoms with Gasteiger partial charge < -0.3 is 24.0 Å². The highest BCUT2D eigenvalue weighted by Crippen LogP contribution is 2.46. The second-order valence-corrected chi connectivity index (χ2v) is 16.8. The number of anilines is 1. The van der Waals surface area contributed by atoms with Gasteiger partial charge in [-0.15, -0.1) is 0 Å². The molecule has 48 heavy (non-hydrogen) atoms. The summed E-state index contributed by atoms with van der Waals surface area (Å²) in [6.07, 6.45) is 8.37. The zero-order valence-electron chi connectivity index (χ0n) is 28.7. The summed E-state index contributed by atoms with van der Waals surface area (Å²) < 4.78 is 48.7. The number of rotatable bonds is 3. The molecule has 11 heteroatoms. The summed E-state index contributed by atoms with van der Waals surface area (Å²) in [5.41, 5.74) is 3.44. The Labute approximate surface area is 291 Å². The van der Waals surface area contributed by atoms with Crippen LogP contribution in [0, 0.1) is 17.8 Å². The molecule has 0 spiro atoms. The molecule has 3 heterocycles. The van der Waals surface area contributed by atoms with E-state index in [2.05, 4.69) is 28.6 Å². The number of hydrogen-bond donors (Lipinski definition) is 1. The lowest BCUT2D eigenvalue weighted by Gasteiger charge is -2.48. The van der Waals surface area contributed by atoms with Crippen LogP contribution in [0.15, 0.2) is 36.4 Å². The minimum Gasteiger partial charge on any atom is -0.487 e. The molecule has 0 unspecified atom stereocenters. The van der Waals surface area contributed by atoms with Crippen LogP contribution in [0.1, 0.15) is 86.2 Å². The number of aryl methyl sites for hydroxylation is 1. The zero-order chi connectivity index (χ0) is 33.8. The average molecular weight is 702 g/mol. The third-order valence-electron chi connectivity index (χ3n) is 11.1. The van der Waals surface area contributed by atoms with E-state index >= 15 is 0 Å². The van der Waals surface area contributed by atoms with Gasteiger partial charge in [-0.05, 0) is 119 Å². The van der Waals surface area contributed by atoms with Crippen LogP contribution in [0.4, 0.5) is 5.69 Å². The first-order chi connectivity index (χ1) is 23.1. The number of amides is 1. The van der Waals surface area contributed by atoms with Gasteiger partial charge in [-0.25, -0.2) is 13.1 Å². The van der Waals surface area contributed by atoms with Gasteiger partial charge in [0.05, 0.1) is 30.2 Å². The molecule has 4 aliphatic rings. The zero-order valence-corrected chi connectivity index (χ0v) is 30.2. The van der Waals surface area contributed by atoms with E-state index in [1.165, 1.54) is 5.56 Å². The van der Waals surface area contributed by atoms with E-state index in [4.69, 9.17) is 25.8 Å². The maximum Gasteiger partial charge on any atom is 0.264 e. The Balaban J connectivity index is 1.34. The van der Waals surface area contributed by atoms with Gasteiger partial charge in [0.25, 0.3) is 5.91 Å². The molecule has 0 aromatic heterocycles. The maximum absolute atomic E-state index is 13.5. The molecule has 1 saturated carbocycles. The monoisotopic (exact) mass is 701 g/mol. The topological polar surface area (TPSA) is 97.4 Å². The Morgan fingerprint density at radius 2 is 1.73 bits per heavy atom. The number of carbonyl (C=O) groups is 1. The molecule has 1 N–H and O–H groups in total. The molecule has 2 aromatic rings. The molecule has 1 aliphatic carbocycles. The minimum absolute atomic E-state index is 0.237. The fourth-order valence-corrected chi connectivity index (χ4v) is 9.61. The van der Waals surface area contributed by atoms with Gasteiger partial charge >= 0.3 is 0 Å². The van der Waals surface area contributed by atoms with Crippen LogP contribution in [0.3, 0.4) is 0 Å². The van der Waals surface area contributed by atoms with Gasteiger partial charge in [-0.2, -0.15) is 0 Å². The lowest BCUT2D eigenvalue weighted by molar-refractivity contribution is -0.240. The summed E-state index contributed by atoms with van der Waals surface area (Å²) in [4.78, 5) is 18.0. The van der Waals surface area contributed by atoms with Crippen molar-refractivity contribution in [2.75, 3.05) is 45.3 Å². The van der Waals surface area contributed by atoms with Crippen molar-refractivity contribution >= 4 is 33.2 Å². The minimum atomic E-state index is -3.86. The third kappa shape index (κ3) is 8.15. The molecule has 9 nitrogen and oxygen atoms in total. The fraction of sp³-hybridized carbons (Fsp3) is 0.649. The summed E-state index contributed by atoms with van der Waals surface area (Å²) in [6.45, 7) is 5.17. The van der Waals surface area contributed by atoms with Gasteiger partial charge in [0.1, 0.15) is 12.4 Å². The SMILES string of the molecule is CC[C@@H]1CCCC[C@@H]([C@H]2OC[C@H](N(C)C)CO2)[C@@H]2CC[C@H]2CN2CCCCc3cc(Cl)ccc3COc3ccc(cc32)C(=O)NS1(=O)=O. The molecule has 2 fully saturated rings. The molecule has 1 saturated heterocycles. The van der Waals surface area contributed by atoms with E-state index in [9.17, 15) is 13.2 Å². The van der Waals surface area contributed by atoms with Gasteiger partial charge in [0.2, 0.25) is 10.0 Å². The number of ether oxygens (including phenoxy) is 3. The van der Waals surface area contributed by atoms with Crippen LogP contribution >= 0.6 is 11.6 Å². The van der Waals surface area contributed by atoms with Crippen molar-refractivity contribution in [3.8, 4) is 5.75 Å². The van der Waals surface area contributed by atoms with Crippen LogP contribution in [0.2, 0.25) is 5.02 Å². The van der Waals surface area contributed by atoms with Crippen molar-refractivity contribution < 1.29 is 27.4 Å². The number of hydrogen-bond acceptors (Lipinski definition) is 8. The van der Waals surface area contributed by atoms with Crippen LogP contribution in [0.5, 0.6) is 5.75 Å². The van der Waals surface area contributed by atoms with Crippen molar-refractivity contribution in [2.45, 2.75) is 95.3 Å². The predicted molar refractivity (Wildman–Crippen MR) is 189 cm³/mol. The summed E-state index contributed by atoms with van der Waals surface area (Å²) in [6, 6.07) is 11.5. The number of sulfonamides is 1. The summed E-state index contributed by atoms with van der Waals surface area (Å²) in [5.74, 6) is 1.20. The van der Waals surface area contributed by atoms with E-state index < -0.39 is 21.2 Å². The molecule has 2 aromatic carbocycles. The lowest BCUT2D eigenvalue weighted by atomic mass is 9.65. The van der Waals surface area contributed by atoms with Gasteiger partial charge in [0.15, 0.2) is 6.29 Å². The predicted octanol–water partition coefficient (Wildman–Crippen LogP) is 6.42. The summed E-state index contributed by atoms with van der Waals surface area (Å²) in [7, 11) is 0.252. The van der Waals surface area contributed by atoms with Gasteiger partial charge in [-0.1, -0.05) is 37.4 Å². The molecular weight excluding hydrogens is 650 g/mol. The van der Waals surface area contributed by atoms with E-state index in [1.54, 1.807) is 6.07 Å². The van der Waals surface area contributed by atoms with Crippen LogP contribution in [-0.2, 0) is 32.5 Å². The van der Waals surface area contributed by atoms with Crippen molar-refractivity contribution in [3.05, 3.63) is 58.1 Å². The smallest absolute Gasteiger partial charge is 0.264 e. The standard InChI is InChI=1S/C37H52ClN3O6S/c1-4-31-10-5-6-11-33(37-46-23-30(24-47-37)40(2)3)32-16-13-27(32)21-41-18-8-7-9-25-19-29(38)15-12-28(25)22-45-35-17-14-26(20-34(35)41)36(42)39-48(31,43)44/h12,14-15,17,19-20,27,30-33,37H,4-11,13,16,18,21-24H2,1-3H3,(H,39,42)/t27-,30-,31+,32+,33+,37-/m0/s1. The number of carbonyl (C=O) groups excluding carboxylic acids is 1. The number of halogens is 1. The highest BCUT2D eigenvalue weighted by molar-refractivity contribution is 7.90. The molecule has 0 radical (unpaired) electrons. The summed E-state index contributed by atoms with van der Waals surface area (Å²) in [5, 5.41) is 0.0836. The largest absolute Gasteiger partial charge is 0.487 e. The second-order valence-electron chi connectivity index (χ2n) is 14.4. The molecule has 264 valence electrons. The Morgan fingerprint density at radius 1 is 0.938 bits per heavy atom. The van der Waals surface area contributed by atoms with Crippen molar-refractivity contribution in [1.29, 1.82) is 0 Å². The van der Waals surface area contributed by atoms with E-state index in [0.717, 1.165) is 80.7 Å². The fourth-order valence-electron chi connectivity index (χ4n) is 7.96. The van der Waals surface area contributed by atoms with E-state index in [-0.39, 0.29) is 18.2 Å². The Hall–Kier alpha value is -2.37. The van der Waals surface area contributed by atoms with Crippen LogP contribution in [0.25, 0.3) is 0 Å². The molecule has 2 bridgehead atoms. The first-order valence-corrected chi connectivity index (χ1v) is 19.8. The van der Waals surface area contributed by atoms with E-state index in [0.29, 0.717) is 55.8 Å².